The van der Waals surface area contributed by atoms with Gasteiger partial charge in [-0.2, -0.15) is 0 Å². The monoisotopic (exact) mass is 329 g/mol. The number of likely N-dealkylation sites (N-methyl/N-ethyl adjacent to an activating group) is 1. The van der Waals surface area contributed by atoms with E-state index in [1.54, 1.807) is 16.7 Å². The summed E-state index contributed by atoms with van der Waals surface area (Å²) >= 11 is 1.72. The van der Waals surface area contributed by atoms with E-state index >= 15 is 0 Å². The van der Waals surface area contributed by atoms with Crippen LogP contribution in [-0.2, 0) is 9.47 Å². The zero-order valence-electron chi connectivity index (χ0n) is 13.6. The molecule has 0 radical (unpaired) electrons. The van der Waals surface area contributed by atoms with Gasteiger partial charge in [-0.15, -0.1) is 11.8 Å². The lowest BCUT2D eigenvalue weighted by Crippen LogP contribution is -2.44. The fourth-order valence-electron chi connectivity index (χ4n) is 2.39. The third-order valence-corrected chi connectivity index (χ3v) is 4.63. The predicted octanol–water partition coefficient (Wildman–Crippen LogP) is 1.67. The molecule has 1 saturated heterocycles. The van der Waals surface area contributed by atoms with Crippen LogP contribution >= 0.6 is 11.8 Å². The van der Waals surface area contributed by atoms with Gasteiger partial charge < -0.3 is 24.4 Å². The second-order valence-electron chi connectivity index (χ2n) is 5.45. The predicted molar refractivity (Wildman–Crippen MR) is 89.6 cm³/mol. The van der Waals surface area contributed by atoms with Crippen LogP contribution in [0.4, 0.5) is 0 Å². The Labute approximate surface area is 137 Å². The molecular formula is C15H27N3O3S. The van der Waals surface area contributed by atoms with Crippen LogP contribution in [0.15, 0.2) is 17.3 Å². The van der Waals surface area contributed by atoms with Crippen molar-refractivity contribution in [2.75, 3.05) is 32.6 Å². The molecule has 7 heteroatoms. The summed E-state index contributed by atoms with van der Waals surface area (Å²) < 4.78 is 11.5. The summed E-state index contributed by atoms with van der Waals surface area (Å²) in [6, 6.07) is 0. The molecule has 2 heterocycles. The topological polar surface area (TPSA) is 57.5 Å². The fraction of sp³-hybridized carbons (Fsp3) is 0.800. The van der Waals surface area contributed by atoms with Gasteiger partial charge in [-0.25, -0.2) is 4.99 Å². The summed E-state index contributed by atoms with van der Waals surface area (Å²) in [7, 11) is 1.98. The minimum atomic E-state index is -0.889. The number of aliphatic imine (C=N–C) groups is 1. The summed E-state index contributed by atoms with van der Waals surface area (Å²) in [5.74, 6) is 1.61. The van der Waals surface area contributed by atoms with Crippen molar-refractivity contribution in [1.82, 2.24) is 9.80 Å². The Bertz CT molecular complexity index is 405. The van der Waals surface area contributed by atoms with Gasteiger partial charge in [-0.1, -0.05) is 13.8 Å². The summed E-state index contributed by atoms with van der Waals surface area (Å²) in [5, 5.41) is 10.3. The largest absolute Gasteiger partial charge is 0.378 e. The molecule has 0 bridgehead atoms. The zero-order valence-corrected chi connectivity index (χ0v) is 14.5. The molecule has 0 spiro atoms. The lowest BCUT2D eigenvalue weighted by atomic mass is 10.3. The summed E-state index contributed by atoms with van der Waals surface area (Å²) in [6.07, 6.45) is 4.81. The summed E-state index contributed by atoms with van der Waals surface area (Å²) in [5.41, 5.74) is 0.0327. The normalized spacial score (nSPS) is 28.1. The van der Waals surface area contributed by atoms with Gasteiger partial charge in [0.15, 0.2) is 0 Å². The van der Waals surface area contributed by atoms with Crippen LogP contribution in [0.5, 0.6) is 0 Å². The van der Waals surface area contributed by atoms with E-state index in [9.17, 15) is 5.11 Å². The van der Waals surface area contributed by atoms with E-state index in [1.165, 1.54) is 0 Å². The summed E-state index contributed by atoms with van der Waals surface area (Å²) in [4.78, 5) is 8.15. The minimum Gasteiger partial charge on any atom is -0.378 e. The molecule has 1 unspecified atom stereocenters. The molecule has 0 aromatic carbocycles. The van der Waals surface area contributed by atoms with E-state index in [2.05, 4.69) is 18.8 Å². The Kier molecular flexibility index (Phi) is 7.01. The van der Waals surface area contributed by atoms with Crippen molar-refractivity contribution in [3.63, 3.8) is 0 Å². The molecule has 0 aromatic rings. The molecule has 1 N–H and O–H groups in total. The van der Waals surface area contributed by atoms with Gasteiger partial charge in [-0.3, -0.25) is 0 Å². The van der Waals surface area contributed by atoms with E-state index in [0.29, 0.717) is 6.61 Å². The van der Waals surface area contributed by atoms with Gasteiger partial charge in [0, 0.05) is 32.2 Å². The lowest BCUT2D eigenvalue weighted by molar-refractivity contribution is -0.102. The highest BCUT2D eigenvalue weighted by molar-refractivity contribution is 8.00. The average molecular weight is 329 g/mol. The molecule has 2 aliphatic heterocycles. The number of ether oxygens (including phenoxy) is 2. The van der Waals surface area contributed by atoms with E-state index < -0.39 is 6.35 Å². The molecule has 6 nitrogen and oxygen atoms in total. The SMILES string of the molecule is CCCOC[C@H]1O[C@@H](N2C=CC(N(C)CCC)=NC2O)CS1. The van der Waals surface area contributed by atoms with Crippen molar-refractivity contribution in [3.8, 4) is 0 Å². The lowest BCUT2D eigenvalue weighted by Gasteiger charge is -2.33. The van der Waals surface area contributed by atoms with Crippen molar-refractivity contribution >= 4 is 17.6 Å². The molecule has 2 rings (SSSR count). The molecule has 0 aromatic heterocycles. The number of thioether (sulfide) groups is 1. The molecule has 0 saturated carbocycles. The standard InChI is InChI=1S/C15H27N3O3S/c1-4-7-17(3)12-6-8-18(15(19)16-12)13-11-22-14(21-13)10-20-9-5-2/h6,8,13-15,19H,4-5,7,9-11H2,1-3H3/t13-,14+,15?/m1/s1. The Morgan fingerprint density at radius 2 is 2.32 bits per heavy atom. The highest BCUT2D eigenvalue weighted by Gasteiger charge is 2.33. The maximum Gasteiger partial charge on any atom is 0.229 e. The Balaban J connectivity index is 1.84. The highest BCUT2D eigenvalue weighted by atomic mass is 32.2. The van der Waals surface area contributed by atoms with Crippen molar-refractivity contribution in [2.45, 2.75) is 44.7 Å². The van der Waals surface area contributed by atoms with E-state index in [4.69, 9.17) is 9.47 Å². The van der Waals surface area contributed by atoms with Crippen LogP contribution < -0.4 is 0 Å². The van der Waals surface area contributed by atoms with Crippen molar-refractivity contribution in [3.05, 3.63) is 12.3 Å². The molecule has 1 fully saturated rings. The average Bonchev–Trinajstić information content (AvgIpc) is 2.96. The van der Waals surface area contributed by atoms with Crippen molar-refractivity contribution in [1.29, 1.82) is 0 Å². The Morgan fingerprint density at radius 3 is 3.00 bits per heavy atom. The maximum atomic E-state index is 10.3. The van der Waals surface area contributed by atoms with Crippen LogP contribution in [0, 0.1) is 0 Å². The van der Waals surface area contributed by atoms with Gasteiger partial charge in [0.2, 0.25) is 6.35 Å². The van der Waals surface area contributed by atoms with Crippen LogP contribution in [0.25, 0.3) is 0 Å². The van der Waals surface area contributed by atoms with Crippen molar-refractivity contribution in [2.24, 2.45) is 4.99 Å². The van der Waals surface area contributed by atoms with Gasteiger partial charge in [0.1, 0.15) is 17.5 Å². The first-order valence-corrected chi connectivity index (χ1v) is 8.98. The van der Waals surface area contributed by atoms with Crippen LogP contribution in [0.1, 0.15) is 26.7 Å². The van der Waals surface area contributed by atoms with Gasteiger partial charge >= 0.3 is 0 Å². The molecule has 2 aliphatic rings. The number of hydrogen-bond acceptors (Lipinski definition) is 7. The number of aliphatic hydroxyl groups is 1. The van der Waals surface area contributed by atoms with E-state index in [1.807, 2.05) is 24.2 Å². The first-order valence-electron chi connectivity index (χ1n) is 7.93. The molecule has 22 heavy (non-hydrogen) atoms. The van der Waals surface area contributed by atoms with Crippen LogP contribution in [0.3, 0.4) is 0 Å². The number of rotatable bonds is 7. The van der Waals surface area contributed by atoms with Gasteiger partial charge in [-0.05, 0) is 18.9 Å². The first kappa shape index (κ1) is 17.6. The smallest absolute Gasteiger partial charge is 0.229 e. The number of hydrogen-bond donors (Lipinski definition) is 1. The molecule has 126 valence electrons. The van der Waals surface area contributed by atoms with Crippen LogP contribution in [-0.4, -0.2) is 71.3 Å². The van der Waals surface area contributed by atoms with E-state index in [-0.39, 0.29) is 11.7 Å². The highest BCUT2D eigenvalue weighted by Crippen LogP contribution is 2.29. The molecule has 3 atom stereocenters. The molecular weight excluding hydrogens is 302 g/mol. The zero-order chi connectivity index (χ0) is 15.9. The third kappa shape index (κ3) is 4.62. The Hall–Kier alpha value is -0.760. The summed E-state index contributed by atoms with van der Waals surface area (Å²) in [6.45, 7) is 6.48. The number of aliphatic hydroxyl groups excluding tert-OH is 1. The number of amidine groups is 1. The number of nitrogens with zero attached hydrogens (tertiary/aromatic N) is 3. The second kappa shape index (κ2) is 8.76. The first-order chi connectivity index (χ1) is 10.7. The third-order valence-electron chi connectivity index (χ3n) is 3.53. The molecule has 0 amide bonds. The van der Waals surface area contributed by atoms with Crippen molar-refractivity contribution < 1.29 is 14.6 Å². The fourth-order valence-corrected chi connectivity index (χ4v) is 3.42. The quantitative estimate of drug-likeness (QED) is 0.717. The minimum absolute atomic E-state index is 0.0327. The van der Waals surface area contributed by atoms with E-state index in [0.717, 1.165) is 37.6 Å². The van der Waals surface area contributed by atoms with Gasteiger partial charge in [0.25, 0.3) is 0 Å². The Morgan fingerprint density at radius 1 is 1.50 bits per heavy atom. The molecule has 0 aliphatic carbocycles. The maximum absolute atomic E-state index is 10.3. The van der Waals surface area contributed by atoms with Gasteiger partial charge in [0.05, 0.1) is 6.61 Å². The second-order valence-corrected chi connectivity index (χ2v) is 6.64. The van der Waals surface area contributed by atoms with Crippen LogP contribution in [0.2, 0.25) is 0 Å².